The number of furan rings is 1. The molecule has 2 rings (SSSR count). The Morgan fingerprint density at radius 3 is 2.50 bits per heavy atom. The van der Waals surface area contributed by atoms with Gasteiger partial charge in [0.15, 0.2) is 0 Å². The maximum Gasteiger partial charge on any atom is 0.274 e. The van der Waals surface area contributed by atoms with E-state index in [0.29, 0.717) is 5.56 Å². The molecule has 0 aliphatic carbocycles. The Morgan fingerprint density at radius 2 is 2.07 bits per heavy atom. The molecule has 0 saturated heterocycles. The van der Waals surface area contributed by atoms with Crippen molar-refractivity contribution in [3.63, 3.8) is 0 Å². The summed E-state index contributed by atoms with van der Waals surface area (Å²) in [7, 11) is 1.70. The lowest BCUT2D eigenvalue weighted by atomic mass is 10.1. The summed E-state index contributed by atoms with van der Waals surface area (Å²) in [4.78, 5) is 11.7. The third kappa shape index (κ3) is 1.11. The summed E-state index contributed by atoms with van der Waals surface area (Å²) in [6, 6.07) is 0. The molecule has 4 nitrogen and oxygen atoms in total. The van der Waals surface area contributed by atoms with Crippen LogP contribution in [0.25, 0.3) is 11.1 Å². The second-order valence-electron chi connectivity index (χ2n) is 3.44. The first-order chi connectivity index (χ1) is 6.61. The molecule has 0 amide bonds. The molecule has 14 heavy (non-hydrogen) atoms. The van der Waals surface area contributed by atoms with Crippen LogP contribution in [0.5, 0.6) is 0 Å². The van der Waals surface area contributed by atoms with Crippen LogP contribution in [0.2, 0.25) is 0 Å². The lowest BCUT2D eigenvalue weighted by molar-refractivity contribution is 0.566. The standard InChI is InChI=1S/C10H12N2O2/c1-6-4-14-5-8(6)9-7(2)11-12(3)10(9)13/h4-5,11H,1-3H3. The molecule has 0 aliphatic heterocycles. The van der Waals surface area contributed by atoms with Crippen LogP contribution in [-0.2, 0) is 7.05 Å². The van der Waals surface area contributed by atoms with Gasteiger partial charge in [0.05, 0.1) is 18.1 Å². The van der Waals surface area contributed by atoms with Crippen molar-refractivity contribution < 1.29 is 4.42 Å². The Labute approximate surface area is 81.1 Å². The van der Waals surface area contributed by atoms with E-state index in [9.17, 15) is 4.79 Å². The van der Waals surface area contributed by atoms with Crippen molar-refractivity contribution >= 4 is 0 Å². The van der Waals surface area contributed by atoms with Crippen molar-refractivity contribution in [1.82, 2.24) is 9.78 Å². The summed E-state index contributed by atoms with van der Waals surface area (Å²) in [5, 5.41) is 2.95. The normalized spacial score (nSPS) is 10.8. The molecule has 0 atom stereocenters. The van der Waals surface area contributed by atoms with Crippen LogP contribution in [0.15, 0.2) is 21.7 Å². The monoisotopic (exact) mass is 192 g/mol. The minimum atomic E-state index is -0.0213. The summed E-state index contributed by atoms with van der Waals surface area (Å²) in [5.41, 5.74) is 3.38. The zero-order valence-electron chi connectivity index (χ0n) is 8.42. The van der Waals surface area contributed by atoms with E-state index in [0.717, 1.165) is 16.8 Å². The van der Waals surface area contributed by atoms with E-state index in [1.165, 1.54) is 4.68 Å². The van der Waals surface area contributed by atoms with Gasteiger partial charge in [-0.25, -0.2) is 0 Å². The minimum absolute atomic E-state index is 0.0213. The molecule has 0 aromatic carbocycles. The average molecular weight is 192 g/mol. The summed E-state index contributed by atoms with van der Waals surface area (Å²) < 4.78 is 6.53. The summed E-state index contributed by atoms with van der Waals surface area (Å²) in [6.07, 6.45) is 3.24. The van der Waals surface area contributed by atoms with E-state index >= 15 is 0 Å². The number of rotatable bonds is 1. The topological polar surface area (TPSA) is 50.9 Å². The van der Waals surface area contributed by atoms with Gasteiger partial charge >= 0.3 is 0 Å². The smallest absolute Gasteiger partial charge is 0.274 e. The molecular formula is C10H12N2O2. The van der Waals surface area contributed by atoms with Gasteiger partial charge in [0.25, 0.3) is 5.56 Å². The van der Waals surface area contributed by atoms with Gasteiger partial charge in [0.2, 0.25) is 0 Å². The first-order valence-corrected chi connectivity index (χ1v) is 4.40. The van der Waals surface area contributed by atoms with Gasteiger partial charge in [-0.2, -0.15) is 0 Å². The van der Waals surface area contributed by atoms with Gasteiger partial charge in [-0.15, -0.1) is 0 Å². The van der Waals surface area contributed by atoms with Crippen molar-refractivity contribution in [2.75, 3.05) is 0 Å². The summed E-state index contributed by atoms with van der Waals surface area (Å²) >= 11 is 0. The maximum absolute atomic E-state index is 11.7. The molecule has 0 unspecified atom stereocenters. The number of H-pyrrole nitrogens is 1. The predicted molar refractivity (Wildman–Crippen MR) is 53.2 cm³/mol. The number of hydrogen-bond acceptors (Lipinski definition) is 2. The van der Waals surface area contributed by atoms with Gasteiger partial charge in [-0.1, -0.05) is 0 Å². The van der Waals surface area contributed by atoms with E-state index in [2.05, 4.69) is 5.10 Å². The largest absolute Gasteiger partial charge is 0.472 e. The first-order valence-electron chi connectivity index (χ1n) is 4.40. The summed E-state index contributed by atoms with van der Waals surface area (Å²) in [5.74, 6) is 0. The molecule has 1 N–H and O–H groups in total. The fourth-order valence-electron chi connectivity index (χ4n) is 1.62. The van der Waals surface area contributed by atoms with Crippen LogP contribution in [0.4, 0.5) is 0 Å². The molecule has 2 aromatic rings. The molecule has 0 radical (unpaired) electrons. The van der Waals surface area contributed by atoms with Crippen LogP contribution < -0.4 is 5.56 Å². The van der Waals surface area contributed by atoms with Crippen LogP contribution in [-0.4, -0.2) is 9.78 Å². The highest BCUT2D eigenvalue weighted by Crippen LogP contribution is 2.23. The van der Waals surface area contributed by atoms with Gasteiger partial charge in [-0.3, -0.25) is 14.6 Å². The average Bonchev–Trinajstić information content (AvgIpc) is 2.60. The van der Waals surface area contributed by atoms with E-state index < -0.39 is 0 Å². The van der Waals surface area contributed by atoms with Crippen LogP contribution in [0, 0.1) is 13.8 Å². The van der Waals surface area contributed by atoms with Gasteiger partial charge in [-0.05, 0) is 19.4 Å². The highest BCUT2D eigenvalue weighted by atomic mass is 16.3. The second kappa shape index (κ2) is 2.90. The number of aromatic amines is 1. The number of aryl methyl sites for hydroxylation is 3. The third-order valence-electron chi connectivity index (χ3n) is 2.35. The molecule has 0 saturated carbocycles. The molecule has 4 heteroatoms. The molecule has 0 aliphatic rings. The molecule has 0 fully saturated rings. The molecule has 0 bridgehead atoms. The highest BCUT2D eigenvalue weighted by molar-refractivity contribution is 5.67. The molecule has 0 spiro atoms. The quantitative estimate of drug-likeness (QED) is 0.745. The molecule has 74 valence electrons. The number of aromatic nitrogens is 2. The third-order valence-corrected chi connectivity index (χ3v) is 2.35. The van der Waals surface area contributed by atoms with Crippen LogP contribution in [0.1, 0.15) is 11.3 Å². The maximum atomic E-state index is 11.7. The fourth-order valence-corrected chi connectivity index (χ4v) is 1.62. The Bertz CT molecular complexity index is 516. The van der Waals surface area contributed by atoms with Crippen LogP contribution in [0.3, 0.4) is 0 Å². The van der Waals surface area contributed by atoms with Gasteiger partial charge < -0.3 is 4.42 Å². The van der Waals surface area contributed by atoms with E-state index in [1.807, 2.05) is 13.8 Å². The van der Waals surface area contributed by atoms with Crippen molar-refractivity contribution in [3.05, 3.63) is 34.1 Å². The number of nitrogens with one attached hydrogen (secondary N) is 1. The SMILES string of the molecule is Cc1cocc1-c1c(C)[nH]n(C)c1=O. The molecule has 2 heterocycles. The van der Waals surface area contributed by atoms with Crippen molar-refractivity contribution in [1.29, 1.82) is 0 Å². The van der Waals surface area contributed by atoms with Crippen LogP contribution >= 0.6 is 0 Å². The zero-order chi connectivity index (χ0) is 10.3. The number of hydrogen-bond donors (Lipinski definition) is 1. The Balaban J connectivity index is 2.74. The predicted octanol–water partition coefficient (Wildman–Crippen LogP) is 1.59. The minimum Gasteiger partial charge on any atom is -0.472 e. The molecule has 2 aromatic heterocycles. The molecular weight excluding hydrogens is 180 g/mol. The van der Waals surface area contributed by atoms with Gasteiger partial charge in [0.1, 0.15) is 0 Å². The zero-order valence-corrected chi connectivity index (χ0v) is 8.42. The van der Waals surface area contributed by atoms with Crippen molar-refractivity contribution in [2.45, 2.75) is 13.8 Å². The van der Waals surface area contributed by atoms with Crippen molar-refractivity contribution in [3.8, 4) is 11.1 Å². The first kappa shape index (κ1) is 8.87. The summed E-state index contributed by atoms with van der Waals surface area (Å²) in [6.45, 7) is 3.80. The van der Waals surface area contributed by atoms with E-state index in [-0.39, 0.29) is 5.56 Å². The Morgan fingerprint density at radius 1 is 1.36 bits per heavy atom. The Kier molecular flexibility index (Phi) is 1.84. The van der Waals surface area contributed by atoms with E-state index in [1.54, 1.807) is 19.6 Å². The van der Waals surface area contributed by atoms with Crippen molar-refractivity contribution in [2.24, 2.45) is 7.05 Å². The highest BCUT2D eigenvalue weighted by Gasteiger charge is 2.14. The second-order valence-corrected chi connectivity index (χ2v) is 3.44. The number of nitrogens with zero attached hydrogens (tertiary/aromatic N) is 1. The Hall–Kier alpha value is -1.71. The van der Waals surface area contributed by atoms with E-state index in [4.69, 9.17) is 4.42 Å². The van der Waals surface area contributed by atoms with Gasteiger partial charge in [0, 0.05) is 18.3 Å². The lowest BCUT2D eigenvalue weighted by Crippen LogP contribution is -2.13. The lowest BCUT2D eigenvalue weighted by Gasteiger charge is -1.93. The fraction of sp³-hybridized carbons (Fsp3) is 0.300.